The van der Waals surface area contributed by atoms with Crippen molar-refractivity contribution in [2.75, 3.05) is 0 Å². The molecule has 100 valence electrons. The number of carbonyl (C=O) groups excluding carboxylic acids is 1. The molecule has 1 rings (SSSR count). The molecule has 0 aromatic heterocycles. The summed E-state index contributed by atoms with van der Waals surface area (Å²) < 4.78 is 9.81. The zero-order valence-electron chi connectivity index (χ0n) is 11.0. The van der Waals surface area contributed by atoms with E-state index in [0.717, 1.165) is 5.56 Å². The standard InChI is InChI=1S/C14H15NO3S/c1-14(2,3)18-13(16)17-9-8-11-6-4-5-7-12(11)15-10-19/h4-9H,1-3H3. The largest absolute Gasteiger partial charge is 0.513 e. The number of hydrogen-bond donors (Lipinski definition) is 0. The Bertz CT molecular complexity index is 526. The quantitative estimate of drug-likeness (QED) is 0.357. The first-order valence-corrected chi connectivity index (χ1v) is 6.06. The molecule has 0 spiro atoms. The summed E-state index contributed by atoms with van der Waals surface area (Å²) >= 11 is 4.56. The predicted molar refractivity (Wildman–Crippen MR) is 77.5 cm³/mol. The van der Waals surface area contributed by atoms with Crippen molar-refractivity contribution in [2.45, 2.75) is 26.4 Å². The maximum Gasteiger partial charge on any atom is 0.513 e. The zero-order valence-corrected chi connectivity index (χ0v) is 11.9. The fourth-order valence-corrected chi connectivity index (χ4v) is 1.31. The van der Waals surface area contributed by atoms with Gasteiger partial charge < -0.3 is 9.47 Å². The van der Waals surface area contributed by atoms with Crippen molar-refractivity contribution in [3.05, 3.63) is 36.1 Å². The molecular weight excluding hydrogens is 262 g/mol. The Morgan fingerprint density at radius 2 is 2.05 bits per heavy atom. The number of isothiocyanates is 1. The van der Waals surface area contributed by atoms with Gasteiger partial charge in [-0.3, -0.25) is 0 Å². The Hall–Kier alpha value is -1.97. The van der Waals surface area contributed by atoms with Crippen LogP contribution in [0.3, 0.4) is 0 Å². The fraction of sp³-hybridized carbons (Fsp3) is 0.286. The summed E-state index contributed by atoms with van der Waals surface area (Å²) in [7, 11) is 0. The van der Waals surface area contributed by atoms with Crippen molar-refractivity contribution in [1.29, 1.82) is 0 Å². The first-order valence-electron chi connectivity index (χ1n) is 5.65. The summed E-state index contributed by atoms with van der Waals surface area (Å²) in [4.78, 5) is 15.2. The van der Waals surface area contributed by atoms with Gasteiger partial charge in [-0.05, 0) is 45.1 Å². The molecule has 0 aliphatic rings. The summed E-state index contributed by atoms with van der Waals surface area (Å²) in [6.07, 6.45) is 2.11. The topological polar surface area (TPSA) is 47.9 Å². The number of aliphatic imine (C=N–C) groups is 1. The second kappa shape index (κ2) is 6.83. The van der Waals surface area contributed by atoms with Gasteiger partial charge in [0.15, 0.2) is 0 Å². The molecule has 0 fully saturated rings. The van der Waals surface area contributed by atoms with E-state index in [1.165, 1.54) is 6.26 Å². The molecule has 0 amide bonds. The Labute approximate surface area is 117 Å². The molecule has 0 atom stereocenters. The molecule has 0 unspecified atom stereocenters. The van der Waals surface area contributed by atoms with Crippen LogP contribution in [0.25, 0.3) is 6.08 Å². The molecule has 0 N–H and O–H groups in total. The number of rotatable bonds is 3. The van der Waals surface area contributed by atoms with Crippen LogP contribution in [0, 0.1) is 0 Å². The Morgan fingerprint density at radius 3 is 2.68 bits per heavy atom. The molecule has 4 nitrogen and oxygen atoms in total. The highest BCUT2D eigenvalue weighted by Crippen LogP contribution is 2.19. The first kappa shape index (κ1) is 15.1. The highest BCUT2D eigenvalue weighted by Gasteiger charge is 2.16. The summed E-state index contributed by atoms with van der Waals surface area (Å²) in [5, 5.41) is 2.30. The van der Waals surface area contributed by atoms with Crippen LogP contribution in [0.15, 0.2) is 35.5 Å². The van der Waals surface area contributed by atoms with Crippen LogP contribution < -0.4 is 0 Å². The number of thiocarbonyl (C=S) groups is 1. The van der Waals surface area contributed by atoms with Gasteiger partial charge in [0.2, 0.25) is 0 Å². The zero-order chi connectivity index (χ0) is 14.3. The molecule has 0 bridgehead atoms. The van der Waals surface area contributed by atoms with Gasteiger partial charge in [-0.25, -0.2) is 4.79 Å². The number of benzene rings is 1. The minimum atomic E-state index is -0.750. The first-order chi connectivity index (χ1) is 8.92. The summed E-state index contributed by atoms with van der Waals surface area (Å²) in [5.41, 5.74) is 0.842. The van der Waals surface area contributed by atoms with E-state index < -0.39 is 11.8 Å². The molecule has 1 aromatic carbocycles. The van der Waals surface area contributed by atoms with Crippen LogP contribution in [0.4, 0.5) is 10.5 Å². The number of para-hydroxylation sites is 1. The smallest absolute Gasteiger partial charge is 0.428 e. The van der Waals surface area contributed by atoms with Crippen molar-refractivity contribution in [3.63, 3.8) is 0 Å². The monoisotopic (exact) mass is 277 g/mol. The maximum absolute atomic E-state index is 11.3. The van der Waals surface area contributed by atoms with Crippen molar-refractivity contribution >= 4 is 35.3 Å². The summed E-state index contributed by atoms with van der Waals surface area (Å²) in [6.45, 7) is 5.30. The van der Waals surface area contributed by atoms with Gasteiger partial charge in [0, 0.05) is 5.56 Å². The van der Waals surface area contributed by atoms with Crippen molar-refractivity contribution in [2.24, 2.45) is 4.99 Å². The van der Waals surface area contributed by atoms with E-state index in [-0.39, 0.29) is 0 Å². The van der Waals surface area contributed by atoms with E-state index >= 15 is 0 Å². The number of carbonyl (C=O) groups is 1. The Balaban J connectivity index is 2.68. The minimum Gasteiger partial charge on any atom is -0.428 e. The molecule has 0 saturated carbocycles. The van der Waals surface area contributed by atoms with Crippen LogP contribution in [0.2, 0.25) is 0 Å². The second-order valence-corrected chi connectivity index (χ2v) is 4.83. The highest BCUT2D eigenvalue weighted by atomic mass is 32.1. The molecule has 0 radical (unpaired) electrons. The molecule has 5 heteroatoms. The van der Waals surface area contributed by atoms with Crippen LogP contribution in [0.5, 0.6) is 0 Å². The average Bonchev–Trinajstić information content (AvgIpc) is 2.29. The average molecular weight is 277 g/mol. The number of nitrogens with zero attached hydrogens (tertiary/aromatic N) is 1. The molecule has 1 aromatic rings. The molecule has 0 saturated heterocycles. The van der Waals surface area contributed by atoms with Crippen LogP contribution >= 0.6 is 12.2 Å². The molecular formula is C14H15NO3S. The predicted octanol–water partition coefficient (Wildman–Crippen LogP) is 4.34. The van der Waals surface area contributed by atoms with Crippen molar-refractivity contribution < 1.29 is 14.3 Å². The Morgan fingerprint density at radius 1 is 1.37 bits per heavy atom. The number of hydrogen-bond acceptors (Lipinski definition) is 5. The molecule has 0 aliphatic heterocycles. The lowest BCUT2D eigenvalue weighted by Gasteiger charge is -2.17. The van der Waals surface area contributed by atoms with Crippen molar-refractivity contribution in [1.82, 2.24) is 0 Å². The molecule has 0 aliphatic carbocycles. The lowest BCUT2D eigenvalue weighted by Crippen LogP contribution is -2.23. The third-order valence-corrected chi connectivity index (χ3v) is 2.00. The Kier molecular flexibility index (Phi) is 5.42. The van der Waals surface area contributed by atoms with Gasteiger partial charge in [0.25, 0.3) is 0 Å². The summed E-state index contributed by atoms with van der Waals surface area (Å²) in [6, 6.07) is 7.28. The third kappa shape index (κ3) is 5.95. The van der Waals surface area contributed by atoms with E-state index in [4.69, 9.17) is 9.47 Å². The minimum absolute atomic E-state index is 0.579. The van der Waals surface area contributed by atoms with E-state index in [9.17, 15) is 4.79 Å². The van der Waals surface area contributed by atoms with Crippen LogP contribution in [-0.2, 0) is 9.47 Å². The third-order valence-electron chi connectivity index (χ3n) is 1.90. The van der Waals surface area contributed by atoms with E-state index in [0.29, 0.717) is 5.69 Å². The summed E-state index contributed by atoms with van der Waals surface area (Å²) in [5.74, 6) is 0. The van der Waals surface area contributed by atoms with Gasteiger partial charge in [-0.2, -0.15) is 4.99 Å². The molecule has 0 heterocycles. The van der Waals surface area contributed by atoms with E-state index in [2.05, 4.69) is 22.4 Å². The normalized spacial score (nSPS) is 10.9. The van der Waals surface area contributed by atoms with Crippen LogP contribution in [0.1, 0.15) is 26.3 Å². The van der Waals surface area contributed by atoms with Crippen LogP contribution in [-0.4, -0.2) is 16.9 Å². The maximum atomic E-state index is 11.3. The molecule has 19 heavy (non-hydrogen) atoms. The van der Waals surface area contributed by atoms with E-state index in [1.54, 1.807) is 32.9 Å². The van der Waals surface area contributed by atoms with Gasteiger partial charge in [0.1, 0.15) is 5.60 Å². The second-order valence-electron chi connectivity index (χ2n) is 4.65. The van der Waals surface area contributed by atoms with E-state index in [1.807, 2.05) is 18.2 Å². The lowest BCUT2D eigenvalue weighted by molar-refractivity contribution is 0.0113. The highest BCUT2D eigenvalue weighted by molar-refractivity contribution is 7.78. The SMILES string of the molecule is CC(C)(C)OC(=O)OC=Cc1ccccc1N=C=S. The van der Waals surface area contributed by atoms with Gasteiger partial charge in [-0.1, -0.05) is 18.2 Å². The van der Waals surface area contributed by atoms with Gasteiger partial charge >= 0.3 is 6.16 Å². The fourth-order valence-electron chi connectivity index (χ4n) is 1.22. The number of ether oxygens (including phenoxy) is 2. The van der Waals surface area contributed by atoms with Gasteiger partial charge in [0.05, 0.1) is 17.1 Å². The van der Waals surface area contributed by atoms with Crippen molar-refractivity contribution in [3.8, 4) is 0 Å². The van der Waals surface area contributed by atoms with Gasteiger partial charge in [-0.15, -0.1) is 0 Å². The lowest BCUT2D eigenvalue weighted by atomic mass is 10.2.